The molecule has 1 aromatic heterocycles. The van der Waals surface area contributed by atoms with Gasteiger partial charge in [-0.15, -0.1) is 11.3 Å². The van der Waals surface area contributed by atoms with Crippen LogP contribution in [0.1, 0.15) is 43.2 Å². The van der Waals surface area contributed by atoms with Crippen molar-refractivity contribution in [1.82, 2.24) is 5.32 Å². The van der Waals surface area contributed by atoms with E-state index in [1.807, 2.05) is 30.3 Å². The van der Waals surface area contributed by atoms with Crippen LogP contribution in [0.4, 0.5) is 11.4 Å². The van der Waals surface area contributed by atoms with Crippen LogP contribution in [-0.4, -0.2) is 40.4 Å². The minimum Gasteiger partial charge on any atom is -0.497 e. The largest absolute Gasteiger partial charge is 0.497 e. The van der Waals surface area contributed by atoms with Crippen molar-refractivity contribution >= 4 is 44.5 Å². The standard InChI is InChI=1S/C28H31N3O5S2/c1-36-23-12-9-21(10-13-23)28(14-2-3-15-28)19-29-26(32)27(33)30-22-11-8-20-6-4-16-31(24(20)18-22)38(34,35)25-7-5-17-37-25/h5,7-13,17-18H,2-4,6,14-16,19H2,1H3,(H,29,32)(H,30,33). The highest BCUT2D eigenvalue weighted by Crippen LogP contribution is 2.41. The summed E-state index contributed by atoms with van der Waals surface area (Å²) in [4.78, 5) is 25.6. The summed E-state index contributed by atoms with van der Waals surface area (Å²) >= 11 is 1.17. The number of methoxy groups -OCH3 is 1. The van der Waals surface area contributed by atoms with Crippen molar-refractivity contribution < 1.29 is 22.7 Å². The SMILES string of the molecule is COc1ccc(C2(CNC(=O)C(=O)Nc3ccc4c(c3)N(S(=O)(=O)c3cccs3)CCC4)CCCC2)cc1. The van der Waals surface area contributed by atoms with Crippen LogP contribution in [0.25, 0.3) is 0 Å². The molecule has 1 saturated carbocycles. The predicted octanol–water partition coefficient (Wildman–Crippen LogP) is 4.46. The van der Waals surface area contributed by atoms with E-state index in [2.05, 4.69) is 10.6 Å². The van der Waals surface area contributed by atoms with Gasteiger partial charge in [0, 0.05) is 24.2 Å². The molecule has 2 aromatic carbocycles. The van der Waals surface area contributed by atoms with Crippen LogP contribution in [-0.2, 0) is 31.4 Å². The van der Waals surface area contributed by atoms with Crippen LogP contribution in [0.15, 0.2) is 64.2 Å². The first kappa shape index (κ1) is 26.2. The molecule has 0 unspecified atom stereocenters. The Bertz CT molecular complexity index is 1410. The molecule has 1 aliphatic heterocycles. The summed E-state index contributed by atoms with van der Waals surface area (Å²) in [5.74, 6) is -0.723. The molecule has 2 heterocycles. The van der Waals surface area contributed by atoms with E-state index in [0.29, 0.717) is 30.9 Å². The number of thiophene rings is 1. The number of carbonyl (C=O) groups is 2. The summed E-state index contributed by atoms with van der Waals surface area (Å²) in [6, 6.07) is 16.4. The molecule has 3 aromatic rings. The number of ether oxygens (including phenoxy) is 1. The van der Waals surface area contributed by atoms with Crippen molar-refractivity contribution in [2.24, 2.45) is 0 Å². The lowest BCUT2D eigenvalue weighted by Crippen LogP contribution is -2.43. The fraction of sp³-hybridized carbons (Fsp3) is 0.357. The monoisotopic (exact) mass is 553 g/mol. The number of hydrogen-bond acceptors (Lipinski definition) is 6. The average molecular weight is 554 g/mol. The summed E-state index contributed by atoms with van der Waals surface area (Å²) in [5.41, 5.74) is 2.71. The maximum absolute atomic E-state index is 13.2. The second-order valence-electron chi connectivity index (χ2n) is 9.81. The summed E-state index contributed by atoms with van der Waals surface area (Å²) < 4.78 is 33.4. The zero-order valence-electron chi connectivity index (χ0n) is 21.2. The van der Waals surface area contributed by atoms with Gasteiger partial charge in [0.1, 0.15) is 9.96 Å². The van der Waals surface area contributed by atoms with Crippen molar-refractivity contribution in [3.8, 4) is 5.75 Å². The van der Waals surface area contributed by atoms with Crippen LogP contribution in [0.2, 0.25) is 0 Å². The zero-order chi connectivity index (χ0) is 26.8. The third-order valence-corrected chi connectivity index (χ3v) is 10.7. The molecule has 0 atom stereocenters. The molecule has 0 bridgehead atoms. The molecular weight excluding hydrogens is 522 g/mol. The van der Waals surface area contributed by atoms with E-state index in [1.165, 1.54) is 15.6 Å². The summed E-state index contributed by atoms with van der Waals surface area (Å²) in [7, 11) is -2.07. The number of carbonyl (C=O) groups excluding carboxylic acids is 2. The number of amides is 2. The number of sulfonamides is 1. The third-order valence-electron chi connectivity index (χ3n) is 7.52. The lowest BCUT2D eigenvalue weighted by molar-refractivity contribution is -0.136. The number of benzene rings is 2. The van der Waals surface area contributed by atoms with Crippen molar-refractivity contribution in [3.63, 3.8) is 0 Å². The van der Waals surface area contributed by atoms with Crippen LogP contribution in [0.5, 0.6) is 5.75 Å². The van der Waals surface area contributed by atoms with E-state index >= 15 is 0 Å². The molecular formula is C28H31N3O5S2. The van der Waals surface area contributed by atoms with Crippen LogP contribution >= 0.6 is 11.3 Å². The Hall–Kier alpha value is -3.37. The van der Waals surface area contributed by atoms with Crippen molar-refractivity contribution in [2.45, 2.75) is 48.1 Å². The van der Waals surface area contributed by atoms with Gasteiger partial charge in [-0.1, -0.05) is 37.1 Å². The van der Waals surface area contributed by atoms with Gasteiger partial charge in [0.25, 0.3) is 10.0 Å². The number of nitrogens with zero attached hydrogens (tertiary/aromatic N) is 1. The number of anilines is 2. The minimum absolute atomic E-state index is 0.218. The highest BCUT2D eigenvalue weighted by molar-refractivity contribution is 7.94. The summed E-state index contributed by atoms with van der Waals surface area (Å²) in [6.07, 6.45) is 5.44. The maximum atomic E-state index is 13.2. The molecule has 8 nitrogen and oxygen atoms in total. The Kier molecular flexibility index (Phi) is 7.45. The van der Waals surface area contributed by atoms with E-state index in [4.69, 9.17) is 4.74 Å². The zero-order valence-corrected chi connectivity index (χ0v) is 22.9. The summed E-state index contributed by atoms with van der Waals surface area (Å²) in [6.45, 7) is 0.723. The van der Waals surface area contributed by atoms with Crippen molar-refractivity contribution in [1.29, 1.82) is 0 Å². The molecule has 0 saturated heterocycles. The van der Waals surface area contributed by atoms with Gasteiger partial charge >= 0.3 is 11.8 Å². The number of hydrogen-bond donors (Lipinski definition) is 2. The topological polar surface area (TPSA) is 105 Å². The van der Waals surface area contributed by atoms with Gasteiger partial charge in [-0.25, -0.2) is 8.42 Å². The van der Waals surface area contributed by atoms with Gasteiger partial charge in [0.05, 0.1) is 12.8 Å². The molecule has 10 heteroatoms. The highest BCUT2D eigenvalue weighted by Gasteiger charge is 2.36. The Morgan fingerprint density at radius 3 is 2.47 bits per heavy atom. The van der Waals surface area contributed by atoms with E-state index in [-0.39, 0.29) is 9.62 Å². The number of nitrogens with one attached hydrogen (secondary N) is 2. The van der Waals surface area contributed by atoms with E-state index in [9.17, 15) is 18.0 Å². The normalized spacial score (nSPS) is 16.5. The lowest BCUT2D eigenvalue weighted by Gasteiger charge is -2.30. The van der Waals surface area contributed by atoms with Gasteiger partial charge in [0.15, 0.2) is 0 Å². The Morgan fingerprint density at radius 1 is 1.03 bits per heavy atom. The van der Waals surface area contributed by atoms with Gasteiger partial charge in [-0.2, -0.15) is 0 Å². The van der Waals surface area contributed by atoms with Crippen molar-refractivity contribution in [3.05, 3.63) is 71.1 Å². The molecule has 0 radical (unpaired) electrons. The Morgan fingerprint density at radius 2 is 1.79 bits per heavy atom. The third kappa shape index (κ3) is 5.15. The van der Waals surface area contributed by atoms with Gasteiger partial charge in [-0.05, 0) is 72.5 Å². The molecule has 1 aliphatic carbocycles. The number of rotatable bonds is 7. The highest BCUT2D eigenvalue weighted by atomic mass is 32.2. The lowest BCUT2D eigenvalue weighted by atomic mass is 9.78. The fourth-order valence-electron chi connectivity index (χ4n) is 5.47. The number of fused-ring (bicyclic) bond motifs is 1. The molecule has 2 amide bonds. The molecule has 2 aliphatic rings. The average Bonchev–Trinajstić information content (AvgIpc) is 3.65. The van der Waals surface area contributed by atoms with E-state index < -0.39 is 21.8 Å². The first-order valence-electron chi connectivity index (χ1n) is 12.8. The molecule has 200 valence electrons. The quantitative estimate of drug-likeness (QED) is 0.420. The molecule has 2 N–H and O–H groups in total. The van der Waals surface area contributed by atoms with Gasteiger partial charge in [-0.3, -0.25) is 13.9 Å². The summed E-state index contributed by atoms with van der Waals surface area (Å²) in [5, 5.41) is 7.23. The van der Waals surface area contributed by atoms with E-state index in [0.717, 1.165) is 49.0 Å². The van der Waals surface area contributed by atoms with Crippen LogP contribution in [0, 0.1) is 0 Å². The van der Waals surface area contributed by atoms with Crippen molar-refractivity contribution in [2.75, 3.05) is 29.8 Å². The second kappa shape index (κ2) is 10.8. The fourth-order valence-corrected chi connectivity index (χ4v) is 8.11. The molecule has 38 heavy (non-hydrogen) atoms. The molecule has 0 spiro atoms. The van der Waals surface area contributed by atoms with E-state index in [1.54, 1.807) is 36.8 Å². The second-order valence-corrected chi connectivity index (χ2v) is 12.8. The minimum atomic E-state index is -3.70. The first-order valence-corrected chi connectivity index (χ1v) is 15.1. The number of aryl methyl sites for hydroxylation is 1. The van der Waals surface area contributed by atoms with Gasteiger partial charge < -0.3 is 15.4 Å². The Labute approximate surface area is 227 Å². The van der Waals surface area contributed by atoms with Crippen LogP contribution < -0.4 is 19.7 Å². The Balaban J connectivity index is 1.28. The smallest absolute Gasteiger partial charge is 0.313 e. The predicted molar refractivity (Wildman–Crippen MR) is 148 cm³/mol. The first-order chi connectivity index (χ1) is 18.3. The van der Waals surface area contributed by atoms with Gasteiger partial charge in [0.2, 0.25) is 0 Å². The molecule has 5 rings (SSSR count). The van der Waals surface area contributed by atoms with Crippen LogP contribution in [0.3, 0.4) is 0 Å². The maximum Gasteiger partial charge on any atom is 0.313 e. The molecule has 1 fully saturated rings.